The van der Waals surface area contributed by atoms with E-state index in [2.05, 4.69) is 24.3 Å². The predicted octanol–water partition coefficient (Wildman–Crippen LogP) is 3.72. The summed E-state index contributed by atoms with van der Waals surface area (Å²) in [4.78, 5) is 0. The predicted molar refractivity (Wildman–Crippen MR) is 61.4 cm³/mol. The van der Waals surface area contributed by atoms with Crippen molar-refractivity contribution in [1.82, 2.24) is 0 Å². The molecule has 15 heavy (non-hydrogen) atoms. The van der Waals surface area contributed by atoms with E-state index in [-0.39, 0.29) is 26.2 Å². The van der Waals surface area contributed by atoms with Gasteiger partial charge in [0, 0.05) is 0 Å². The molecule has 0 saturated heterocycles. The van der Waals surface area contributed by atoms with Crippen molar-refractivity contribution in [3.63, 3.8) is 0 Å². The molecule has 3 aliphatic carbocycles. The first-order chi connectivity index (χ1) is 7.00. The van der Waals surface area contributed by atoms with Gasteiger partial charge in [-0.2, -0.15) is 12.2 Å². The Balaban J connectivity index is 0.000000191. The third-order valence-electron chi connectivity index (χ3n) is 1.62. The molecule has 0 unspecified atom stereocenters. The summed E-state index contributed by atoms with van der Waals surface area (Å²) in [6, 6.07) is 0. The summed E-state index contributed by atoms with van der Waals surface area (Å²) < 4.78 is 0. The zero-order chi connectivity index (χ0) is 9.90. The largest absolute Gasteiger partial charge is 2.00 e. The van der Waals surface area contributed by atoms with Crippen molar-refractivity contribution in [2.75, 3.05) is 0 Å². The fourth-order valence-corrected chi connectivity index (χ4v) is 0.792. The molecule has 74 valence electrons. The second-order valence-electron chi connectivity index (χ2n) is 2.78. The molecular formula is C14H14Zr. The van der Waals surface area contributed by atoms with Crippen LogP contribution in [0, 0.1) is 12.2 Å². The minimum Gasteiger partial charge on any atom is -0.273 e. The van der Waals surface area contributed by atoms with Gasteiger partial charge in [0.25, 0.3) is 0 Å². The van der Waals surface area contributed by atoms with Gasteiger partial charge in [-0.15, -0.1) is 12.8 Å². The van der Waals surface area contributed by atoms with Crippen LogP contribution in [0.5, 0.6) is 0 Å². The molecule has 0 amide bonds. The fraction of sp³-hybridized carbons (Fsp3) is 0.143. The van der Waals surface area contributed by atoms with Crippen molar-refractivity contribution in [2.24, 2.45) is 0 Å². The Morgan fingerprint density at radius 3 is 1.07 bits per heavy atom. The molecule has 0 aromatic carbocycles. The quantitative estimate of drug-likeness (QED) is 0.590. The molecule has 0 saturated carbocycles. The summed E-state index contributed by atoms with van der Waals surface area (Å²) in [5.41, 5.74) is 0. The van der Waals surface area contributed by atoms with E-state index in [0.29, 0.717) is 0 Å². The minimum absolute atomic E-state index is 0. The Bertz CT molecular complexity index is 241. The van der Waals surface area contributed by atoms with E-state index >= 15 is 0 Å². The van der Waals surface area contributed by atoms with Crippen molar-refractivity contribution in [3.05, 3.63) is 72.9 Å². The monoisotopic (exact) mass is 272 g/mol. The number of rotatable bonds is 0. The summed E-state index contributed by atoms with van der Waals surface area (Å²) in [7, 11) is 0. The normalized spacial score (nSPS) is 16.0. The molecule has 0 aromatic rings. The molecule has 0 aromatic heterocycles. The molecule has 0 fully saturated rings. The van der Waals surface area contributed by atoms with Gasteiger partial charge in [0.1, 0.15) is 0 Å². The van der Waals surface area contributed by atoms with E-state index in [4.69, 9.17) is 0 Å². The molecule has 1 heteroatoms. The molecule has 3 aliphatic rings. The topological polar surface area (TPSA) is 0 Å². The Hall–Kier alpha value is -0.677. The summed E-state index contributed by atoms with van der Waals surface area (Å²) in [6.07, 6.45) is 28.0. The van der Waals surface area contributed by atoms with Crippen molar-refractivity contribution >= 4 is 0 Å². The van der Waals surface area contributed by atoms with Crippen molar-refractivity contribution < 1.29 is 26.2 Å². The summed E-state index contributed by atoms with van der Waals surface area (Å²) >= 11 is 0. The zero-order valence-electron chi connectivity index (χ0n) is 8.69. The maximum Gasteiger partial charge on any atom is 2.00 e. The van der Waals surface area contributed by atoms with Crippen molar-refractivity contribution in [2.45, 2.75) is 12.8 Å². The van der Waals surface area contributed by atoms with Crippen LogP contribution in [-0.2, 0) is 26.2 Å². The van der Waals surface area contributed by atoms with Crippen LogP contribution in [0.2, 0.25) is 0 Å². The SMILES string of the molecule is C1=CC=C1.[C-]1=CC=CC1.[C-]1=CC=CC1.[Zr+2]. The van der Waals surface area contributed by atoms with E-state index in [9.17, 15) is 0 Å². The van der Waals surface area contributed by atoms with Gasteiger partial charge in [0.2, 0.25) is 0 Å². The summed E-state index contributed by atoms with van der Waals surface area (Å²) in [6.45, 7) is 0. The van der Waals surface area contributed by atoms with Crippen molar-refractivity contribution in [3.8, 4) is 0 Å². The van der Waals surface area contributed by atoms with E-state index < -0.39 is 0 Å². The van der Waals surface area contributed by atoms with Crippen LogP contribution in [0.25, 0.3) is 0 Å². The summed E-state index contributed by atoms with van der Waals surface area (Å²) in [5, 5.41) is 0. The maximum absolute atomic E-state index is 2.99. The Morgan fingerprint density at radius 1 is 0.600 bits per heavy atom. The van der Waals surface area contributed by atoms with E-state index in [1.807, 2.05) is 48.6 Å². The van der Waals surface area contributed by atoms with E-state index in [0.717, 1.165) is 12.8 Å². The van der Waals surface area contributed by atoms with E-state index in [1.54, 1.807) is 0 Å². The molecule has 0 aliphatic heterocycles. The minimum atomic E-state index is 0. The van der Waals surface area contributed by atoms with Crippen LogP contribution in [0.3, 0.4) is 0 Å². The van der Waals surface area contributed by atoms with Gasteiger partial charge in [-0.1, -0.05) is 24.3 Å². The summed E-state index contributed by atoms with van der Waals surface area (Å²) in [5.74, 6) is 0. The van der Waals surface area contributed by atoms with Crippen LogP contribution in [0.1, 0.15) is 12.8 Å². The van der Waals surface area contributed by atoms with Gasteiger partial charge in [-0.05, 0) is 0 Å². The smallest absolute Gasteiger partial charge is 0.273 e. The number of allylic oxidation sites excluding steroid dienone is 12. The van der Waals surface area contributed by atoms with Gasteiger partial charge in [-0.3, -0.25) is 12.2 Å². The first-order valence-corrected chi connectivity index (χ1v) is 4.77. The van der Waals surface area contributed by atoms with Crippen molar-refractivity contribution in [1.29, 1.82) is 0 Å². The number of hydrogen-bond acceptors (Lipinski definition) is 0. The Labute approximate surface area is 112 Å². The zero-order valence-corrected chi connectivity index (χ0v) is 11.1. The maximum atomic E-state index is 2.99. The van der Waals surface area contributed by atoms with Gasteiger partial charge in [0.15, 0.2) is 0 Å². The Kier molecular flexibility index (Phi) is 10.9. The Morgan fingerprint density at radius 2 is 1.00 bits per heavy atom. The van der Waals surface area contributed by atoms with Crippen LogP contribution in [0.15, 0.2) is 60.8 Å². The van der Waals surface area contributed by atoms with Gasteiger partial charge in [-0.25, -0.2) is 24.3 Å². The molecule has 0 bridgehead atoms. The van der Waals surface area contributed by atoms with Crippen LogP contribution in [0.4, 0.5) is 0 Å². The second kappa shape index (κ2) is 11.4. The average Bonchev–Trinajstić information content (AvgIpc) is 2.81. The molecule has 0 radical (unpaired) electrons. The van der Waals surface area contributed by atoms with Gasteiger partial charge < -0.3 is 0 Å². The molecule has 0 N–H and O–H groups in total. The molecule has 0 nitrogen and oxygen atoms in total. The third kappa shape index (κ3) is 9.62. The number of hydrogen-bond donors (Lipinski definition) is 0. The second-order valence-corrected chi connectivity index (χ2v) is 2.78. The molecular weight excluding hydrogens is 259 g/mol. The standard InChI is InChI=1S/2C5H5.C4H4.Zr/c2*1-2-4-5-3-1;1-2-4-3-1;/h2*1-3H,4H2;1-4H;/q2*-1;;+2. The average molecular weight is 273 g/mol. The van der Waals surface area contributed by atoms with Crippen LogP contribution < -0.4 is 0 Å². The van der Waals surface area contributed by atoms with Crippen LogP contribution in [-0.4, -0.2) is 0 Å². The third-order valence-corrected chi connectivity index (χ3v) is 1.62. The first kappa shape index (κ1) is 14.3. The van der Waals surface area contributed by atoms with Crippen LogP contribution >= 0.6 is 0 Å². The molecule has 0 spiro atoms. The molecule has 0 atom stereocenters. The molecule has 0 heterocycles. The fourth-order valence-electron chi connectivity index (χ4n) is 0.792. The van der Waals surface area contributed by atoms with E-state index in [1.165, 1.54) is 0 Å². The van der Waals surface area contributed by atoms with Gasteiger partial charge in [0.05, 0.1) is 0 Å². The molecule has 3 rings (SSSR count). The first-order valence-electron chi connectivity index (χ1n) is 4.77. The van der Waals surface area contributed by atoms with Gasteiger partial charge >= 0.3 is 26.2 Å².